The lowest BCUT2D eigenvalue weighted by molar-refractivity contribution is -0.164. The number of amides is 10. The van der Waals surface area contributed by atoms with Crippen LogP contribution in [0, 0.1) is 10.8 Å². The second-order valence-corrected chi connectivity index (χ2v) is 20.0. The van der Waals surface area contributed by atoms with Gasteiger partial charge >= 0.3 is 0 Å². The maximum atomic E-state index is 14.5. The van der Waals surface area contributed by atoms with Crippen molar-refractivity contribution in [3.63, 3.8) is 0 Å². The van der Waals surface area contributed by atoms with Crippen molar-refractivity contribution in [3.05, 3.63) is 194 Å². The smallest absolute Gasteiger partial charge is 0.267 e. The van der Waals surface area contributed by atoms with Crippen LogP contribution in [0.2, 0.25) is 0 Å². The number of rotatable bonds is 13. The second-order valence-electron chi connectivity index (χ2n) is 20.0. The Balaban J connectivity index is 0.000000194. The number of carbonyl (C=O) groups is 10. The van der Waals surface area contributed by atoms with Gasteiger partial charge in [0.2, 0.25) is 23.6 Å². The zero-order chi connectivity index (χ0) is 58.0. The Bertz CT molecular complexity index is 2840. The molecular formula is C63H69FN4O11. The Labute approximate surface area is 461 Å². The monoisotopic (exact) mass is 1080 g/mol. The Morgan fingerprint density at radius 3 is 1.34 bits per heavy atom. The maximum absolute atomic E-state index is 14.5. The van der Waals surface area contributed by atoms with Crippen molar-refractivity contribution in [2.24, 2.45) is 10.8 Å². The Morgan fingerprint density at radius 2 is 0.911 bits per heavy atom. The molecule has 4 heterocycles. The molecule has 4 aromatic carbocycles. The molecule has 4 atom stereocenters. The highest BCUT2D eigenvalue weighted by atomic mass is 19.1. The average molecular weight is 1080 g/mol. The molecule has 0 saturated carbocycles. The number of nitrogens with zero attached hydrogens (tertiary/aromatic N) is 4. The van der Waals surface area contributed by atoms with E-state index in [0.29, 0.717) is 80.4 Å². The van der Waals surface area contributed by atoms with Gasteiger partial charge in [0.1, 0.15) is 5.60 Å². The van der Waals surface area contributed by atoms with Crippen LogP contribution in [0.15, 0.2) is 172 Å². The number of ether oxygens (including phenoxy) is 1. The first-order chi connectivity index (χ1) is 37.7. The minimum absolute atomic E-state index is 0.0512. The number of carbonyl (C=O) groups excluding carboxylic acids is 10. The second kappa shape index (κ2) is 27.8. The number of hydrogen-bond donors (Lipinski definition) is 0. The summed E-state index contributed by atoms with van der Waals surface area (Å²) in [7, 11) is 0. The average Bonchev–Trinajstić information content (AvgIpc) is 3.56. The van der Waals surface area contributed by atoms with Gasteiger partial charge in [-0.1, -0.05) is 111 Å². The van der Waals surface area contributed by atoms with Crippen LogP contribution in [-0.4, -0.2) is 110 Å². The molecule has 0 aromatic heterocycles. The molecule has 4 aliphatic heterocycles. The fraction of sp³-hybridized carbons (Fsp3) is 0.333. The van der Waals surface area contributed by atoms with Crippen LogP contribution in [0.3, 0.4) is 0 Å². The van der Waals surface area contributed by atoms with E-state index >= 15 is 0 Å². The molecule has 16 heteroatoms. The van der Waals surface area contributed by atoms with Gasteiger partial charge in [-0.3, -0.25) is 57.7 Å². The highest BCUT2D eigenvalue weighted by molar-refractivity contribution is 6.19. The zero-order valence-corrected chi connectivity index (χ0v) is 45.2. The molecule has 0 spiro atoms. The third kappa shape index (κ3) is 14.4. The van der Waals surface area contributed by atoms with Crippen molar-refractivity contribution in [2.75, 3.05) is 19.7 Å². The van der Waals surface area contributed by atoms with Gasteiger partial charge in [-0.2, -0.15) is 0 Å². The Morgan fingerprint density at radius 1 is 0.506 bits per heavy atom. The normalized spacial score (nSPS) is 22.8. The van der Waals surface area contributed by atoms with Crippen LogP contribution >= 0.6 is 0 Å². The first-order valence-corrected chi connectivity index (χ1v) is 26.2. The van der Waals surface area contributed by atoms with E-state index in [2.05, 4.69) is 26.3 Å². The van der Waals surface area contributed by atoms with E-state index in [1.54, 1.807) is 147 Å². The molecule has 0 unspecified atom stereocenters. The van der Waals surface area contributed by atoms with Crippen molar-refractivity contribution in [1.82, 2.24) is 19.6 Å². The number of morpholine rings is 1. The van der Waals surface area contributed by atoms with Crippen molar-refractivity contribution in [1.29, 1.82) is 0 Å². The molecule has 4 fully saturated rings. The summed E-state index contributed by atoms with van der Waals surface area (Å²) in [6.45, 7) is 20.7. The summed E-state index contributed by atoms with van der Waals surface area (Å²) >= 11 is 0. The molecule has 4 aromatic rings. The Kier molecular flexibility index (Phi) is 21.6. The molecule has 0 radical (unpaired) electrons. The Hall–Kier alpha value is -8.37. The number of imide groups is 8. The SMILES string of the molecule is C=CC[C@]1(C)CCC(=O)N(C(=O)c2ccccc2)C1=O.C=CC[C@]1(C)OCCN(C(=O)c2ccccc2)C1=O.C=CC[C@]1(CC)CCC(=O)N(C(=O)c2ccccc2)C1=O.C=CC[C@]1(F)CCCN(C(=O)c2ccccc2)C1=O. The van der Waals surface area contributed by atoms with E-state index in [4.69, 9.17) is 4.74 Å². The van der Waals surface area contributed by atoms with Crippen LogP contribution in [0.5, 0.6) is 0 Å². The summed E-state index contributed by atoms with van der Waals surface area (Å²) in [5.74, 6) is -4.49. The van der Waals surface area contributed by atoms with Crippen LogP contribution in [0.25, 0.3) is 0 Å². The van der Waals surface area contributed by atoms with Crippen LogP contribution in [0.1, 0.15) is 133 Å². The molecule has 79 heavy (non-hydrogen) atoms. The van der Waals surface area contributed by atoms with Gasteiger partial charge in [0.15, 0.2) is 5.67 Å². The molecule has 8 rings (SSSR count). The van der Waals surface area contributed by atoms with E-state index in [1.807, 2.05) is 13.0 Å². The van der Waals surface area contributed by atoms with E-state index in [-0.39, 0.29) is 44.0 Å². The molecule has 0 bridgehead atoms. The predicted octanol–water partition coefficient (Wildman–Crippen LogP) is 10.3. The van der Waals surface area contributed by atoms with Gasteiger partial charge in [0.25, 0.3) is 35.4 Å². The van der Waals surface area contributed by atoms with Crippen molar-refractivity contribution < 1.29 is 57.1 Å². The molecule has 10 amide bonds. The van der Waals surface area contributed by atoms with E-state index in [0.717, 1.165) is 14.7 Å². The van der Waals surface area contributed by atoms with E-state index in [1.165, 1.54) is 11.0 Å². The third-order valence-corrected chi connectivity index (χ3v) is 14.4. The maximum Gasteiger partial charge on any atom is 0.267 e. The van der Waals surface area contributed by atoms with E-state index < -0.39 is 69.4 Å². The third-order valence-electron chi connectivity index (χ3n) is 14.4. The summed E-state index contributed by atoms with van der Waals surface area (Å²) in [5, 5.41) is 0. The highest BCUT2D eigenvalue weighted by Gasteiger charge is 2.49. The minimum Gasteiger partial charge on any atom is -0.363 e. The summed E-state index contributed by atoms with van der Waals surface area (Å²) in [5.41, 5.74) is -2.76. The first kappa shape index (κ1) is 61.5. The van der Waals surface area contributed by atoms with Crippen LogP contribution in [0.4, 0.5) is 4.39 Å². The molecule has 4 saturated heterocycles. The molecule has 15 nitrogen and oxygen atoms in total. The van der Waals surface area contributed by atoms with Gasteiger partial charge in [0.05, 0.1) is 24.0 Å². The lowest BCUT2D eigenvalue weighted by Crippen LogP contribution is -2.56. The van der Waals surface area contributed by atoms with Gasteiger partial charge in [-0.25, -0.2) is 14.2 Å². The molecule has 0 N–H and O–H groups in total. The number of likely N-dealkylation sites (tertiary alicyclic amines) is 3. The van der Waals surface area contributed by atoms with E-state index in [9.17, 15) is 52.3 Å². The number of allylic oxidation sites excluding steroid dienone is 3. The van der Waals surface area contributed by atoms with Crippen molar-refractivity contribution in [2.45, 2.75) is 103 Å². The topological polar surface area (TPSA) is 193 Å². The van der Waals surface area contributed by atoms with Gasteiger partial charge in [-0.15, -0.1) is 26.3 Å². The van der Waals surface area contributed by atoms with Crippen molar-refractivity contribution in [3.8, 4) is 0 Å². The summed E-state index contributed by atoms with van der Waals surface area (Å²) in [6, 6.07) is 34.1. The number of benzene rings is 4. The van der Waals surface area contributed by atoms with Crippen molar-refractivity contribution >= 4 is 59.1 Å². The standard InChI is InChI=1S/C17H19NO3.C16H17NO3.C15H16FNO2.C15H17NO3/c1-3-11-17(4-2)12-10-14(19)18(16(17)21)15(20)13-8-6-5-7-9-13;1-3-10-16(2)11-9-13(18)17(15(16)20)14(19)12-7-5-4-6-8-12;1-2-9-15(16)10-6-11-17(14(15)19)13(18)12-7-4-3-5-8-12;1-3-9-15(2)14(18)16(10-11-19-15)13(17)12-7-5-4-6-8-12/h3,5-9H,1,4,10-12H2,2H3;3-8H,1,9-11H2,2H3;2-5,7-8H,1,6,9-11H2;3-8H,1,9-11H2,2H3/t17-;16-;2*15-/m1100/s1. The van der Waals surface area contributed by atoms with Crippen LogP contribution < -0.4 is 0 Å². The minimum atomic E-state index is -1.98. The highest BCUT2D eigenvalue weighted by Crippen LogP contribution is 2.40. The molecular weight excluding hydrogens is 1010 g/mol. The molecule has 0 aliphatic carbocycles. The number of hydrogen-bond acceptors (Lipinski definition) is 11. The van der Waals surface area contributed by atoms with Crippen LogP contribution in [-0.2, 0) is 33.5 Å². The number of piperidine rings is 3. The lowest BCUT2D eigenvalue weighted by Gasteiger charge is -2.38. The molecule has 414 valence electrons. The fourth-order valence-electron chi connectivity index (χ4n) is 9.66. The fourth-order valence-corrected chi connectivity index (χ4v) is 9.66. The summed E-state index contributed by atoms with van der Waals surface area (Å²) < 4.78 is 20.0. The number of halogens is 1. The lowest BCUT2D eigenvalue weighted by atomic mass is 9.74. The summed E-state index contributed by atoms with van der Waals surface area (Å²) in [4.78, 5) is 127. The largest absolute Gasteiger partial charge is 0.363 e. The summed E-state index contributed by atoms with van der Waals surface area (Å²) in [6.07, 6.45) is 10.2. The number of alkyl halides is 1. The van der Waals surface area contributed by atoms with Gasteiger partial charge in [0, 0.05) is 54.5 Å². The first-order valence-electron chi connectivity index (χ1n) is 26.2. The predicted molar refractivity (Wildman–Crippen MR) is 296 cm³/mol. The van der Waals surface area contributed by atoms with Gasteiger partial charge in [-0.05, 0) is 100 Å². The quantitative estimate of drug-likeness (QED) is 0.0914. The zero-order valence-electron chi connectivity index (χ0n) is 45.2. The molecule has 4 aliphatic rings. The van der Waals surface area contributed by atoms with Gasteiger partial charge < -0.3 is 4.74 Å².